The molecular weight excluding hydrogens is 433 g/mol. The van der Waals surface area contributed by atoms with E-state index >= 15 is 0 Å². The van der Waals surface area contributed by atoms with Crippen LogP contribution < -0.4 is 10.6 Å². The number of benzene rings is 1. The third-order valence-corrected chi connectivity index (χ3v) is 3.27. The standard InChI is InChI=1S/C18H25N3O3.HI/c1-12(15-10-13-8-6-7-9-14(13)23-15)21-17(19-5)20-11-16(22)24-18(2,3)4;/h6-10,12H,11H2,1-5H3,(H2,19,20,21);1H. The first-order valence-corrected chi connectivity index (χ1v) is 7.96. The molecule has 0 amide bonds. The van der Waals surface area contributed by atoms with Gasteiger partial charge in [-0.1, -0.05) is 18.2 Å². The highest BCUT2D eigenvalue weighted by molar-refractivity contribution is 14.0. The minimum atomic E-state index is -0.503. The van der Waals surface area contributed by atoms with Gasteiger partial charge in [0.05, 0.1) is 6.04 Å². The Bertz CT molecular complexity index is 701. The second-order valence-corrected chi connectivity index (χ2v) is 6.56. The molecule has 2 rings (SSSR count). The molecule has 0 fully saturated rings. The number of rotatable bonds is 4. The number of aliphatic imine (C=N–C) groups is 1. The van der Waals surface area contributed by atoms with E-state index in [9.17, 15) is 4.79 Å². The summed E-state index contributed by atoms with van der Waals surface area (Å²) in [6.45, 7) is 7.52. The number of nitrogens with one attached hydrogen (secondary N) is 2. The van der Waals surface area contributed by atoms with Crippen LogP contribution >= 0.6 is 24.0 Å². The summed E-state index contributed by atoms with van der Waals surface area (Å²) in [6, 6.07) is 9.75. The van der Waals surface area contributed by atoms with E-state index < -0.39 is 5.60 Å². The van der Waals surface area contributed by atoms with E-state index in [-0.39, 0.29) is 42.5 Å². The number of carbonyl (C=O) groups excluding carboxylic acids is 1. The molecule has 2 N–H and O–H groups in total. The molecule has 25 heavy (non-hydrogen) atoms. The number of halogens is 1. The van der Waals surface area contributed by atoms with E-state index in [1.807, 2.05) is 58.0 Å². The molecule has 1 atom stereocenters. The largest absolute Gasteiger partial charge is 0.459 e. The number of nitrogens with zero attached hydrogens (tertiary/aromatic N) is 1. The van der Waals surface area contributed by atoms with E-state index in [1.165, 1.54) is 0 Å². The summed E-state index contributed by atoms with van der Waals surface area (Å²) < 4.78 is 11.1. The van der Waals surface area contributed by atoms with Gasteiger partial charge in [0, 0.05) is 12.4 Å². The lowest BCUT2D eigenvalue weighted by Crippen LogP contribution is -2.42. The predicted molar refractivity (Wildman–Crippen MR) is 110 cm³/mol. The molecule has 7 heteroatoms. The van der Waals surface area contributed by atoms with Crippen LogP contribution in [0.2, 0.25) is 0 Å². The molecular formula is C18H26IN3O3. The molecule has 0 aliphatic heterocycles. The Hall–Kier alpha value is -1.77. The minimum absolute atomic E-state index is 0. The van der Waals surface area contributed by atoms with Gasteiger partial charge in [0.1, 0.15) is 23.5 Å². The minimum Gasteiger partial charge on any atom is -0.459 e. The van der Waals surface area contributed by atoms with E-state index in [2.05, 4.69) is 15.6 Å². The van der Waals surface area contributed by atoms with Crippen molar-refractivity contribution in [2.24, 2.45) is 4.99 Å². The average Bonchev–Trinajstić information content (AvgIpc) is 2.93. The van der Waals surface area contributed by atoms with Crippen LogP contribution in [0.1, 0.15) is 39.5 Å². The molecule has 0 radical (unpaired) electrons. The van der Waals surface area contributed by atoms with Gasteiger partial charge in [-0.05, 0) is 39.8 Å². The number of hydrogen-bond donors (Lipinski definition) is 2. The third kappa shape index (κ3) is 6.56. The molecule has 138 valence electrons. The van der Waals surface area contributed by atoms with Crippen molar-refractivity contribution in [1.82, 2.24) is 10.6 Å². The molecule has 0 bridgehead atoms. The summed E-state index contributed by atoms with van der Waals surface area (Å²) in [5.41, 5.74) is 0.343. The first kappa shape index (κ1) is 21.3. The zero-order valence-corrected chi connectivity index (χ0v) is 17.6. The van der Waals surface area contributed by atoms with E-state index in [4.69, 9.17) is 9.15 Å². The fourth-order valence-corrected chi connectivity index (χ4v) is 2.22. The summed E-state index contributed by atoms with van der Waals surface area (Å²) in [5, 5.41) is 7.20. The molecule has 1 aromatic carbocycles. The van der Waals surface area contributed by atoms with Crippen molar-refractivity contribution < 1.29 is 13.9 Å². The van der Waals surface area contributed by atoms with Crippen molar-refractivity contribution in [2.45, 2.75) is 39.3 Å². The molecule has 2 aromatic rings. The van der Waals surface area contributed by atoms with E-state index in [0.29, 0.717) is 5.96 Å². The average molecular weight is 459 g/mol. The molecule has 1 unspecified atom stereocenters. The SMILES string of the molecule is CN=C(NCC(=O)OC(C)(C)C)NC(C)c1cc2ccccc2o1.I. The highest BCUT2D eigenvalue weighted by Crippen LogP contribution is 2.23. The number of fused-ring (bicyclic) bond motifs is 1. The molecule has 0 spiro atoms. The van der Waals surface area contributed by atoms with Crippen molar-refractivity contribution in [1.29, 1.82) is 0 Å². The molecule has 0 saturated carbocycles. The fourth-order valence-electron chi connectivity index (χ4n) is 2.22. The Morgan fingerprint density at radius 2 is 2.00 bits per heavy atom. The lowest BCUT2D eigenvalue weighted by atomic mass is 10.2. The van der Waals surface area contributed by atoms with Gasteiger partial charge in [0.2, 0.25) is 0 Å². The molecule has 0 aliphatic carbocycles. The monoisotopic (exact) mass is 459 g/mol. The summed E-state index contributed by atoms with van der Waals surface area (Å²) in [4.78, 5) is 15.9. The summed E-state index contributed by atoms with van der Waals surface area (Å²) in [6.07, 6.45) is 0. The zero-order chi connectivity index (χ0) is 17.7. The van der Waals surface area contributed by atoms with E-state index in [0.717, 1.165) is 16.7 Å². The van der Waals surface area contributed by atoms with Gasteiger partial charge in [0.25, 0.3) is 0 Å². The Balaban J connectivity index is 0.00000312. The highest BCUT2D eigenvalue weighted by atomic mass is 127. The second-order valence-electron chi connectivity index (χ2n) is 6.56. The number of ether oxygens (including phenoxy) is 1. The maximum absolute atomic E-state index is 11.8. The maximum atomic E-state index is 11.8. The number of carbonyl (C=O) groups is 1. The van der Waals surface area contributed by atoms with Crippen LogP contribution in [-0.2, 0) is 9.53 Å². The van der Waals surface area contributed by atoms with Gasteiger partial charge in [-0.2, -0.15) is 0 Å². The van der Waals surface area contributed by atoms with Crippen LogP contribution in [0.3, 0.4) is 0 Å². The topological polar surface area (TPSA) is 75.9 Å². The van der Waals surface area contributed by atoms with Crippen LogP contribution in [0.5, 0.6) is 0 Å². The quantitative estimate of drug-likeness (QED) is 0.316. The number of furan rings is 1. The summed E-state index contributed by atoms with van der Waals surface area (Å²) >= 11 is 0. The Morgan fingerprint density at radius 3 is 2.60 bits per heavy atom. The van der Waals surface area contributed by atoms with Crippen LogP contribution in [0.15, 0.2) is 39.7 Å². The van der Waals surface area contributed by atoms with Crippen molar-refractivity contribution in [3.8, 4) is 0 Å². The van der Waals surface area contributed by atoms with Crippen LogP contribution in [0.4, 0.5) is 0 Å². The van der Waals surface area contributed by atoms with Crippen molar-refractivity contribution in [3.63, 3.8) is 0 Å². The van der Waals surface area contributed by atoms with Crippen LogP contribution in [0.25, 0.3) is 11.0 Å². The Morgan fingerprint density at radius 1 is 1.32 bits per heavy atom. The normalized spacial score (nSPS) is 13.1. The van der Waals surface area contributed by atoms with Crippen molar-refractivity contribution in [2.75, 3.05) is 13.6 Å². The second kappa shape index (κ2) is 9.07. The van der Waals surface area contributed by atoms with Gasteiger partial charge in [-0.25, -0.2) is 0 Å². The summed E-state index contributed by atoms with van der Waals surface area (Å²) in [5.74, 6) is 0.979. The molecule has 0 saturated heterocycles. The van der Waals surface area contributed by atoms with Gasteiger partial charge in [-0.15, -0.1) is 24.0 Å². The number of para-hydroxylation sites is 1. The number of guanidine groups is 1. The fraction of sp³-hybridized carbons (Fsp3) is 0.444. The summed E-state index contributed by atoms with van der Waals surface area (Å²) in [7, 11) is 1.65. The van der Waals surface area contributed by atoms with Gasteiger partial charge < -0.3 is 19.8 Å². The Kier molecular flexibility index (Phi) is 7.72. The highest BCUT2D eigenvalue weighted by Gasteiger charge is 2.17. The van der Waals surface area contributed by atoms with Gasteiger partial charge in [-0.3, -0.25) is 9.79 Å². The van der Waals surface area contributed by atoms with Crippen LogP contribution in [-0.4, -0.2) is 31.1 Å². The van der Waals surface area contributed by atoms with Crippen LogP contribution in [0, 0.1) is 0 Å². The lowest BCUT2D eigenvalue weighted by molar-refractivity contribution is -0.153. The predicted octanol–water partition coefficient (Wildman–Crippen LogP) is 3.62. The maximum Gasteiger partial charge on any atom is 0.325 e. The van der Waals surface area contributed by atoms with Crippen molar-refractivity contribution >= 4 is 46.9 Å². The Labute approximate surface area is 165 Å². The first-order valence-electron chi connectivity index (χ1n) is 7.96. The molecule has 1 heterocycles. The first-order chi connectivity index (χ1) is 11.3. The van der Waals surface area contributed by atoms with Gasteiger partial charge >= 0.3 is 5.97 Å². The third-order valence-electron chi connectivity index (χ3n) is 3.27. The molecule has 1 aromatic heterocycles. The smallest absolute Gasteiger partial charge is 0.325 e. The lowest BCUT2D eigenvalue weighted by Gasteiger charge is -2.20. The van der Waals surface area contributed by atoms with Gasteiger partial charge in [0.15, 0.2) is 5.96 Å². The van der Waals surface area contributed by atoms with Crippen molar-refractivity contribution in [3.05, 3.63) is 36.1 Å². The molecule has 6 nitrogen and oxygen atoms in total. The van der Waals surface area contributed by atoms with E-state index in [1.54, 1.807) is 7.05 Å². The number of esters is 1. The molecule has 0 aliphatic rings. The zero-order valence-electron chi connectivity index (χ0n) is 15.3. The number of hydrogen-bond acceptors (Lipinski definition) is 4.